The van der Waals surface area contributed by atoms with Crippen LogP contribution >= 0.6 is 22.7 Å². The second-order valence-electron chi connectivity index (χ2n) is 24.0. The third-order valence-electron chi connectivity index (χ3n) is 15.3. The number of pyridine rings is 5. The number of thiazole rings is 2. The first-order chi connectivity index (χ1) is 48.1. The second kappa shape index (κ2) is 35.9. The minimum atomic E-state index is 0. The van der Waals surface area contributed by atoms with Gasteiger partial charge in [-0.1, -0.05) is 71.9 Å². The zero-order valence-electron chi connectivity index (χ0n) is 59.4. The van der Waals surface area contributed by atoms with Crippen LogP contribution in [0.5, 0.6) is 0 Å². The summed E-state index contributed by atoms with van der Waals surface area (Å²) in [5.41, 5.74) is 21.3. The maximum Gasteiger partial charge on any atom is 0.243 e. The van der Waals surface area contributed by atoms with Crippen LogP contribution in [0.1, 0.15) is 78.5 Å². The van der Waals surface area contributed by atoms with Gasteiger partial charge in [0.2, 0.25) is 5.71 Å². The maximum absolute atomic E-state index is 5.54. The average molecular weight is 2460 g/mol. The van der Waals surface area contributed by atoms with Gasteiger partial charge >= 0.3 is 0 Å². The molecule has 0 unspecified atom stereocenters. The first kappa shape index (κ1) is 83.7. The van der Waals surface area contributed by atoms with Crippen molar-refractivity contribution in [1.82, 2.24) is 84.7 Å². The van der Waals surface area contributed by atoms with E-state index in [1.54, 1.807) is 50.4 Å². The van der Waals surface area contributed by atoms with E-state index in [2.05, 4.69) is 166 Å². The normalized spacial score (nSPS) is 10.7. The fourth-order valence-electron chi connectivity index (χ4n) is 11.1. The standard InChI is InChI=1S/C14H10N2.C12H12N2.C12H10O2.C11H10N2O.C10H6N2O2.C9H7N3S2.C8H6N6.6W/c1-9-5-11-3-4-12-6-10(2)8-16-14(12)13(11)15-7-9;1-9-3-5-13-11(7-9)12-8-10(2)4-6-14-12;1-7-3-9-5-12-10(4-8(2)14-12)6-11(9)13-7;1-6-3-8-9(4-6)13-11-10(12-8)5-7(2)14-11;1-5-11-7-3-8-10(4-9(7)13-5)14-6(2)12-8;1-4-10-6-3-7-8(11-5(2)13-7)12-9(6)14-4;1-3-9-5-6(10-3)14-8-7(13-5)11-4(2)12-8;;;;;;/h3-6H,1-2H3;3-8H,1-2H3;3-6H,1-2H3;3-5,12H,1-2H3;1-2H3;3H,1-2H3;1-2H3;;;;;;/q-2;;;;-2;;-2;;;;;;. The number of nitrogens with one attached hydrogen (secondary N) is 1. The number of hydrogen-bond acceptors (Lipinski definition) is 21. The van der Waals surface area contributed by atoms with Gasteiger partial charge in [-0.3, -0.25) is 16.0 Å². The summed E-state index contributed by atoms with van der Waals surface area (Å²) in [4.78, 5) is 72.4. The fraction of sp³-hybridized carbons (Fsp3) is 0.184. The molecule has 106 heavy (non-hydrogen) atoms. The first-order valence-corrected chi connectivity index (χ1v) is 33.3. The van der Waals surface area contributed by atoms with E-state index in [4.69, 9.17) is 22.1 Å². The van der Waals surface area contributed by atoms with Crippen molar-refractivity contribution in [3.63, 3.8) is 0 Å². The molecule has 16 heterocycles. The average Bonchev–Trinajstić information content (AvgIpc) is 1.42. The van der Waals surface area contributed by atoms with Crippen molar-refractivity contribution in [2.75, 3.05) is 0 Å². The Morgan fingerprint density at radius 1 is 0.406 bits per heavy atom. The van der Waals surface area contributed by atoms with Gasteiger partial charge in [0.25, 0.3) is 0 Å². The number of rotatable bonds is 1. The SMILES string of the molecule is Cc1[c-]nc2c(ccc3cc(C)[c-]nc32)c1.Cc1cc2cc3oc(C)cc3cc2o1.Cc1cc2nc3oc(C)cc3[nH]c-2c1.Cc1ccnc(-c2cc(C)ccn2)c1.Cc1nc2[c-]c3nc(C)oc3[c-]c2o1.Cc1nc2nc3nc(C)[n-]c3nc2[n-]1.Cc1nc2nc3sc(C)nc3cc2s1.[W].[W].[W].[W].[W].[W]. The molecule has 20 rings (SSSR count). The molecule has 0 atom stereocenters. The third-order valence-corrected chi connectivity index (χ3v) is 17.1. The number of aryl methyl sites for hydroxylation is 14. The summed E-state index contributed by atoms with van der Waals surface area (Å²) in [7, 11) is 0. The molecule has 2 aliphatic rings. The summed E-state index contributed by atoms with van der Waals surface area (Å²) < 4.78 is 28.3. The molecule has 0 radical (unpaired) electrons. The van der Waals surface area contributed by atoms with Crippen molar-refractivity contribution < 1.29 is 148 Å². The monoisotopic (exact) mass is 2460 g/mol. The minimum absolute atomic E-state index is 0. The van der Waals surface area contributed by atoms with Gasteiger partial charge in [-0.2, -0.15) is 12.1 Å². The number of H-pyrrole nitrogens is 1. The molecule has 15 aromatic heterocycles. The summed E-state index contributed by atoms with van der Waals surface area (Å²) >= 11 is 3.29. The number of hydrogen-bond donors (Lipinski definition) is 1. The van der Waals surface area contributed by atoms with Crippen LogP contribution in [-0.4, -0.2) is 74.8 Å². The van der Waals surface area contributed by atoms with E-state index in [1.807, 2.05) is 122 Å². The number of nitrogens with zero attached hydrogens (tertiary/aromatic N) is 16. The van der Waals surface area contributed by atoms with E-state index in [0.717, 1.165) is 131 Å². The van der Waals surface area contributed by atoms with Gasteiger partial charge in [-0.25, -0.2) is 31.0 Å². The Bertz CT molecular complexity index is 5300. The number of fused-ring (bicyclic) bond motifs is 13. The van der Waals surface area contributed by atoms with E-state index < -0.39 is 0 Å². The van der Waals surface area contributed by atoms with Crippen LogP contribution in [0.15, 0.2) is 132 Å². The van der Waals surface area contributed by atoms with Crippen LogP contribution in [0.25, 0.3) is 143 Å². The number of aromatic nitrogens is 17. The van der Waals surface area contributed by atoms with Crippen LogP contribution in [-0.2, 0) is 126 Å². The maximum atomic E-state index is 5.54. The molecule has 30 heteroatoms. The third kappa shape index (κ3) is 19.5. The summed E-state index contributed by atoms with van der Waals surface area (Å²) in [6.07, 6.45) is 9.58. The molecule has 0 saturated carbocycles. The molecular formula is C76H61N17O5S2W6-6. The topological polar surface area (TPSA) is 290 Å². The Morgan fingerprint density at radius 3 is 1.44 bits per heavy atom. The molecular weight excluding hydrogens is 2400 g/mol. The summed E-state index contributed by atoms with van der Waals surface area (Å²) in [5, 5.41) is 6.53. The zero-order valence-corrected chi connectivity index (χ0v) is 78.6. The van der Waals surface area contributed by atoms with E-state index in [1.165, 1.54) is 16.7 Å². The molecule has 1 aliphatic carbocycles. The molecule has 0 saturated heterocycles. The molecule has 0 fully saturated rings. The van der Waals surface area contributed by atoms with Gasteiger partial charge in [0.1, 0.15) is 44.3 Å². The summed E-state index contributed by atoms with van der Waals surface area (Å²) in [5.74, 6) is 5.28. The molecule has 18 aromatic rings. The van der Waals surface area contributed by atoms with Crippen molar-refractivity contribution in [3.05, 3.63) is 213 Å². The molecule has 3 aromatic carbocycles. The van der Waals surface area contributed by atoms with Gasteiger partial charge in [0.15, 0.2) is 17.4 Å². The first-order valence-electron chi connectivity index (χ1n) is 31.7. The molecule has 1 aliphatic heterocycles. The number of aromatic amines is 1. The molecule has 22 nitrogen and oxygen atoms in total. The minimum Gasteiger partial charge on any atom is -0.531 e. The zero-order chi connectivity index (χ0) is 69.6. The van der Waals surface area contributed by atoms with Crippen molar-refractivity contribution in [1.29, 1.82) is 0 Å². The van der Waals surface area contributed by atoms with Crippen LogP contribution < -0.4 is 9.97 Å². The summed E-state index contributed by atoms with van der Waals surface area (Å²) in [6.45, 7) is 27.1. The summed E-state index contributed by atoms with van der Waals surface area (Å²) in [6, 6.07) is 38.6. The predicted molar refractivity (Wildman–Crippen MR) is 389 cm³/mol. The van der Waals surface area contributed by atoms with Gasteiger partial charge in [0, 0.05) is 181 Å². The number of imidazole rings is 2. The van der Waals surface area contributed by atoms with E-state index in [9.17, 15) is 0 Å². The predicted octanol–water partition coefficient (Wildman–Crippen LogP) is 17.6. The molecule has 0 bridgehead atoms. The number of furan rings is 3. The van der Waals surface area contributed by atoms with Gasteiger partial charge < -0.3 is 71.9 Å². The van der Waals surface area contributed by atoms with Crippen LogP contribution in [0.3, 0.4) is 0 Å². The molecule has 534 valence electrons. The number of oxazole rings is 2. The van der Waals surface area contributed by atoms with E-state index >= 15 is 0 Å². The van der Waals surface area contributed by atoms with E-state index in [0.29, 0.717) is 73.9 Å². The molecule has 0 amide bonds. The van der Waals surface area contributed by atoms with Crippen molar-refractivity contribution >= 4 is 143 Å². The largest absolute Gasteiger partial charge is 0.531 e. The number of benzene rings is 3. The second-order valence-corrected chi connectivity index (χ2v) is 26.4. The Hall–Kier alpha value is -7.89. The quantitative estimate of drug-likeness (QED) is 0.118. The van der Waals surface area contributed by atoms with Crippen LogP contribution in [0.2, 0.25) is 0 Å². The molecule has 0 spiro atoms. The Morgan fingerprint density at radius 2 is 0.915 bits per heavy atom. The molecule has 1 N–H and O–H groups in total. The Labute approximate surface area is 701 Å². The Kier molecular flexibility index (Phi) is 28.3. The fourth-order valence-corrected chi connectivity index (χ4v) is 12.6. The Balaban J connectivity index is 0.000000155. The van der Waals surface area contributed by atoms with Crippen molar-refractivity contribution in [2.24, 2.45) is 0 Å². The van der Waals surface area contributed by atoms with E-state index in [-0.39, 0.29) is 126 Å². The van der Waals surface area contributed by atoms with Crippen molar-refractivity contribution in [3.8, 4) is 22.8 Å². The van der Waals surface area contributed by atoms with Gasteiger partial charge in [-0.15, -0.1) is 44.3 Å². The van der Waals surface area contributed by atoms with Gasteiger partial charge in [-0.05, 0) is 164 Å². The van der Waals surface area contributed by atoms with Crippen LogP contribution in [0, 0.1) is 121 Å². The van der Waals surface area contributed by atoms with Gasteiger partial charge in [0.05, 0.1) is 48.8 Å². The smallest absolute Gasteiger partial charge is 0.243 e. The van der Waals surface area contributed by atoms with Crippen molar-refractivity contribution in [2.45, 2.75) is 96.9 Å². The van der Waals surface area contributed by atoms with Crippen LogP contribution in [0.4, 0.5) is 0 Å².